The van der Waals surface area contributed by atoms with Gasteiger partial charge in [0.1, 0.15) is 0 Å². The van der Waals surface area contributed by atoms with Crippen molar-refractivity contribution in [3.63, 3.8) is 0 Å². The zero-order valence-corrected chi connectivity index (χ0v) is 11.2. The van der Waals surface area contributed by atoms with Crippen LogP contribution in [0.1, 0.15) is 32.1 Å². The molecule has 1 saturated heterocycles. The molecule has 0 spiro atoms. The predicted octanol–water partition coefficient (Wildman–Crippen LogP) is -0.310. The van der Waals surface area contributed by atoms with E-state index in [4.69, 9.17) is 5.11 Å². The van der Waals surface area contributed by atoms with Crippen molar-refractivity contribution in [3.05, 3.63) is 0 Å². The number of hydrogen-bond acceptors (Lipinski definition) is 4. The molecule has 1 aliphatic rings. The van der Waals surface area contributed by atoms with Gasteiger partial charge in [-0.25, -0.2) is 4.79 Å². The molecule has 0 radical (unpaired) electrons. The molecule has 8 nitrogen and oxygen atoms in total. The summed E-state index contributed by atoms with van der Waals surface area (Å²) in [5, 5.41) is 12.8. The van der Waals surface area contributed by atoms with E-state index in [0.717, 1.165) is 25.9 Å². The number of carbonyl (C=O) groups excluding carboxylic acids is 3. The third kappa shape index (κ3) is 6.17. The number of carbonyl (C=O) groups is 4. The molecule has 0 bridgehead atoms. The second kappa shape index (κ2) is 8.13. The van der Waals surface area contributed by atoms with E-state index in [1.54, 1.807) is 4.90 Å². The Labute approximate surface area is 116 Å². The van der Waals surface area contributed by atoms with Gasteiger partial charge in [0.05, 0.1) is 6.42 Å². The quantitative estimate of drug-likeness (QED) is 0.619. The van der Waals surface area contributed by atoms with E-state index in [-0.39, 0.29) is 31.7 Å². The Balaban J connectivity index is 2.11. The van der Waals surface area contributed by atoms with E-state index in [1.165, 1.54) is 0 Å². The maximum atomic E-state index is 11.6. The molecule has 0 aliphatic carbocycles. The summed E-state index contributed by atoms with van der Waals surface area (Å²) in [5.41, 5.74) is 0. The number of carboxylic acid groups (broad SMARTS) is 1. The van der Waals surface area contributed by atoms with Crippen LogP contribution in [0.15, 0.2) is 0 Å². The number of likely N-dealkylation sites (tertiary alicyclic amines) is 1. The minimum Gasteiger partial charge on any atom is -0.481 e. The van der Waals surface area contributed by atoms with E-state index in [9.17, 15) is 19.2 Å². The highest BCUT2D eigenvalue weighted by molar-refractivity contribution is 5.95. The molecule has 0 aromatic rings. The van der Waals surface area contributed by atoms with Crippen LogP contribution in [0.2, 0.25) is 0 Å². The van der Waals surface area contributed by atoms with Crippen molar-refractivity contribution < 1.29 is 24.3 Å². The molecule has 0 aromatic heterocycles. The van der Waals surface area contributed by atoms with Crippen LogP contribution in [0.4, 0.5) is 4.79 Å². The van der Waals surface area contributed by atoms with Gasteiger partial charge in [0.2, 0.25) is 11.8 Å². The van der Waals surface area contributed by atoms with Gasteiger partial charge in [-0.1, -0.05) is 0 Å². The summed E-state index contributed by atoms with van der Waals surface area (Å²) in [6.45, 7) is 1.67. The van der Waals surface area contributed by atoms with Crippen molar-refractivity contribution in [2.45, 2.75) is 32.1 Å². The van der Waals surface area contributed by atoms with Crippen LogP contribution in [0.3, 0.4) is 0 Å². The van der Waals surface area contributed by atoms with Crippen LogP contribution in [0, 0.1) is 0 Å². The van der Waals surface area contributed by atoms with Gasteiger partial charge in [0.15, 0.2) is 0 Å². The number of nitrogens with zero attached hydrogens (tertiary/aromatic N) is 1. The summed E-state index contributed by atoms with van der Waals surface area (Å²) in [6.07, 6.45) is 1.63. The summed E-state index contributed by atoms with van der Waals surface area (Å²) < 4.78 is 0. The van der Waals surface area contributed by atoms with Gasteiger partial charge < -0.3 is 15.3 Å². The van der Waals surface area contributed by atoms with Crippen molar-refractivity contribution in [2.75, 3.05) is 19.6 Å². The third-order valence-electron chi connectivity index (χ3n) is 2.90. The van der Waals surface area contributed by atoms with Crippen molar-refractivity contribution >= 4 is 23.8 Å². The third-order valence-corrected chi connectivity index (χ3v) is 2.90. The molecule has 0 aromatic carbocycles. The molecule has 8 heteroatoms. The zero-order chi connectivity index (χ0) is 15.0. The highest BCUT2D eigenvalue weighted by Gasteiger charge is 2.17. The summed E-state index contributed by atoms with van der Waals surface area (Å²) in [5.74, 6) is -1.77. The van der Waals surface area contributed by atoms with Crippen molar-refractivity contribution in [2.24, 2.45) is 0 Å². The fraction of sp³-hybridized carbons (Fsp3) is 0.667. The van der Waals surface area contributed by atoms with Crippen LogP contribution in [-0.4, -0.2) is 53.5 Å². The van der Waals surface area contributed by atoms with Crippen molar-refractivity contribution in [1.82, 2.24) is 15.5 Å². The molecule has 1 heterocycles. The molecule has 4 amide bonds. The molecule has 1 aliphatic heterocycles. The molecule has 1 rings (SSSR count). The smallest absolute Gasteiger partial charge is 0.321 e. The van der Waals surface area contributed by atoms with Gasteiger partial charge in [-0.2, -0.15) is 0 Å². The largest absolute Gasteiger partial charge is 0.481 e. The Hall–Kier alpha value is -2.12. The molecule has 112 valence electrons. The van der Waals surface area contributed by atoms with Gasteiger partial charge in [0, 0.05) is 32.5 Å². The van der Waals surface area contributed by atoms with Crippen molar-refractivity contribution in [3.8, 4) is 0 Å². The summed E-state index contributed by atoms with van der Waals surface area (Å²) in [4.78, 5) is 46.1. The lowest BCUT2D eigenvalue weighted by Gasteiger charge is -2.15. The van der Waals surface area contributed by atoms with Gasteiger partial charge in [-0.3, -0.25) is 19.7 Å². The molecule has 20 heavy (non-hydrogen) atoms. The van der Waals surface area contributed by atoms with Gasteiger partial charge in [-0.05, 0) is 12.8 Å². The van der Waals surface area contributed by atoms with Crippen LogP contribution in [0.25, 0.3) is 0 Å². The Bertz CT molecular complexity index is 391. The number of urea groups is 1. The highest BCUT2D eigenvalue weighted by Crippen LogP contribution is 2.08. The lowest BCUT2D eigenvalue weighted by molar-refractivity contribution is -0.138. The van der Waals surface area contributed by atoms with Crippen LogP contribution < -0.4 is 10.6 Å². The van der Waals surface area contributed by atoms with E-state index in [0.29, 0.717) is 0 Å². The fourth-order valence-corrected chi connectivity index (χ4v) is 1.86. The maximum Gasteiger partial charge on any atom is 0.321 e. The minimum absolute atomic E-state index is 0.0139. The predicted molar refractivity (Wildman–Crippen MR) is 68.8 cm³/mol. The summed E-state index contributed by atoms with van der Waals surface area (Å²) >= 11 is 0. The monoisotopic (exact) mass is 285 g/mol. The molecule has 0 saturated carbocycles. The Morgan fingerprint density at radius 2 is 1.65 bits per heavy atom. The normalized spacial score (nSPS) is 13.9. The van der Waals surface area contributed by atoms with E-state index in [1.807, 2.05) is 5.32 Å². The Morgan fingerprint density at radius 1 is 1.00 bits per heavy atom. The number of amides is 4. The number of carboxylic acids is 1. The number of nitrogens with one attached hydrogen (secondary N) is 2. The summed E-state index contributed by atoms with van der Waals surface area (Å²) in [7, 11) is 0. The second-order valence-electron chi connectivity index (χ2n) is 4.54. The SMILES string of the molecule is O=C(O)CCC(=O)NC(=O)NCCC(=O)N1CCCC1. The average molecular weight is 285 g/mol. The highest BCUT2D eigenvalue weighted by atomic mass is 16.4. The van der Waals surface area contributed by atoms with Crippen molar-refractivity contribution in [1.29, 1.82) is 0 Å². The van der Waals surface area contributed by atoms with Gasteiger partial charge >= 0.3 is 12.0 Å². The molecule has 0 atom stereocenters. The molecule has 1 fully saturated rings. The lowest BCUT2D eigenvalue weighted by Crippen LogP contribution is -2.41. The van der Waals surface area contributed by atoms with Crippen LogP contribution in [0.5, 0.6) is 0 Å². The standard InChI is InChI=1S/C12H19N3O5/c16-9(3-4-11(18)19)14-12(20)13-6-5-10(17)15-7-1-2-8-15/h1-8H2,(H,18,19)(H2,13,14,16,20). The van der Waals surface area contributed by atoms with Crippen LogP contribution in [-0.2, 0) is 14.4 Å². The molecule has 3 N–H and O–H groups in total. The van der Waals surface area contributed by atoms with E-state index in [2.05, 4.69) is 5.32 Å². The average Bonchev–Trinajstić information content (AvgIpc) is 2.90. The fourth-order valence-electron chi connectivity index (χ4n) is 1.86. The number of aliphatic carboxylic acids is 1. The lowest BCUT2D eigenvalue weighted by atomic mass is 10.3. The first kappa shape index (κ1) is 15.9. The zero-order valence-electron chi connectivity index (χ0n) is 11.2. The Morgan fingerprint density at radius 3 is 2.25 bits per heavy atom. The number of imide groups is 1. The topological polar surface area (TPSA) is 116 Å². The summed E-state index contributed by atoms with van der Waals surface area (Å²) in [6, 6.07) is -0.713. The Kier molecular flexibility index (Phi) is 6.48. The maximum absolute atomic E-state index is 11.6. The first-order valence-corrected chi connectivity index (χ1v) is 6.56. The van der Waals surface area contributed by atoms with E-state index >= 15 is 0 Å². The van der Waals surface area contributed by atoms with E-state index < -0.39 is 17.9 Å². The molecule has 0 unspecified atom stereocenters. The first-order chi connectivity index (χ1) is 9.49. The molecular formula is C12H19N3O5. The van der Waals surface area contributed by atoms with Gasteiger partial charge in [-0.15, -0.1) is 0 Å². The number of hydrogen-bond donors (Lipinski definition) is 3. The van der Waals surface area contributed by atoms with Gasteiger partial charge in [0.25, 0.3) is 0 Å². The first-order valence-electron chi connectivity index (χ1n) is 6.56. The second-order valence-corrected chi connectivity index (χ2v) is 4.54. The minimum atomic E-state index is -1.10. The van der Waals surface area contributed by atoms with Crippen LogP contribution >= 0.6 is 0 Å². The molecular weight excluding hydrogens is 266 g/mol. The number of rotatable bonds is 6.